The molecule has 0 amide bonds. The molecule has 6 heteroatoms. The monoisotopic (exact) mass is 549 g/mol. The Labute approximate surface area is 197 Å². The van der Waals surface area contributed by atoms with E-state index < -0.39 is 0 Å². The third-order valence-electron chi connectivity index (χ3n) is 4.18. The molecular weight excluding hydrogens is 537 g/mol. The van der Waals surface area contributed by atoms with Crippen molar-refractivity contribution in [2.75, 3.05) is 0 Å². The summed E-state index contributed by atoms with van der Waals surface area (Å²) in [6, 6.07) is 19.4. The number of benzene rings is 3. The minimum Gasteiger partial charge on any atom is -0.487 e. The molecule has 0 heterocycles. The fourth-order valence-corrected chi connectivity index (χ4v) is 4.44. The van der Waals surface area contributed by atoms with Crippen molar-refractivity contribution in [1.29, 1.82) is 5.26 Å². The largest absolute Gasteiger partial charge is 0.487 e. The molecule has 0 fully saturated rings. The highest BCUT2D eigenvalue weighted by Crippen LogP contribution is 2.36. The zero-order chi connectivity index (χ0) is 21.0. The van der Waals surface area contributed by atoms with E-state index in [9.17, 15) is 5.26 Å². The first-order chi connectivity index (χ1) is 13.9. The van der Waals surface area contributed by atoms with Crippen LogP contribution >= 0.6 is 55.1 Å². The van der Waals surface area contributed by atoms with E-state index in [1.165, 1.54) is 0 Å². The van der Waals surface area contributed by atoms with Gasteiger partial charge in [0.2, 0.25) is 0 Å². The van der Waals surface area contributed by atoms with Crippen LogP contribution in [0.2, 0.25) is 10.0 Å². The van der Waals surface area contributed by atoms with Gasteiger partial charge in [-0.1, -0.05) is 59.1 Å². The van der Waals surface area contributed by atoms with Crippen LogP contribution in [0.1, 0.15) is 22.3 Å². The summed E-state index contributed by atoms with van der Waals surface area (Å²) in [5.41, 5.74) is 4.41. The Balaban J connectivity index is 1.83. The molecular formula is C23H15Br2Cl2NO. The fraction of sp³-hybridized carbons (Fsp3) is 0.0870. The summed E-state index contributed by atoms with van der Waals surface area (Å²) in [7, 11) is 0. The molecule has 0 radical (unpaired) electrons. The normalized spacial score (nSPS) is 11.2. The molecule has 0 aliphatic carbocycles. The summed E-state index contributed by atoms with van der Waals surface area (Å²) in [5, 5.41) is 10.6. The number of nitrogens with zero attached hydrogens (tertiary/aromatic N) is 1. The molecule has 0 unspecified atom stereocenters. The second-order valence-corrected chi connectivity index (χ2v) is 8.91. The molecule has 3 rings (SSSR count). The van der Waals surface area contributed by atoms with E-state index in [0.717, 1.165) is 31.2 Å². The highest BCUT2D eigenvalue weighted by Gasteiger charge is 2.11. The molecule has 0 saturated heterocycles. The quantitative estimate of drug-likeness (QED) is 0.235. The topological polar surface area (TPSA) is 33.0 Å². The third-order valence-corrected chi connectivity index (χ3v) is 6.10. The SMILES string of the molecule is Cc1ccc(/C(C#N)=C\c2cc(Br)c(OCc3ccc(Cl)c(Cl)c3)c(Br)c2)cc1. The first kappa shape index (κ1) is 21.9. The number of hydrogen-bond donors (Lipinski definition) is 0. The van der Waals surface area contributed by atoms with Gasteiger partial charge in [-0.25, -0.2) is 0 Å². The lowest BCUT2D eigenvalue weighted by Gasteiger charge is -2.12. The van der Waals surface area contributed by atoms with E-state index >= 15 is 0 Å². The molecule has 0 bridgehead atoms. The molecule has 29 heavy (non-hydrogen) atoms. The number of nitriles is 1. The van der Waals surface area contributed by atoms with Crippen LogP contribution in [0.4, 0.5) is 0 Å². The van der Waals surface area contributed by atoms with Gasteiger partial charge in [0, 0.05) is 0 Å². The van der Waals surface area contributed by atoms with Crippen molar-refractivity contribution in [3.63, 3.8) is 0 Å². The molecule has 3 aromatic rings. The Kier molecular flexibility index (Phi) is 7.43. The van der Waals surface area contributed by atoms with Gasteiger partial charge in [-0.3, -0.25) is 0 Å². The molecule has 0 saturated carbocycles. The average Bonchev–Trinajstić information content (AvgIpc) is 2.69. The molecule has 0 aromatic heterocycles. The smallest absolute Gasteiger partial charge is 0.148 e. The van der Waals surface area contributed by atoms with Crippen molar-refractivity contribution in [2.45, 2.75) is 13.5 Å². The number of aryl methyl sites for hydroxylation is 1. The van der Waals surface area contributed by atoms with Gasteiger partial charge in [-0.2, -0.15) is 5.26 Å². The highest BCUT2D eigenvalue weighted by molar-refractivity contribution is 9.11. The van der Waals surface area contributed by atoms with Gasteiger partial charge in [0.15, 0.2) is 0 Å². The molecule has 0 aliphatic heterocycles. The predicted octanol–water partition coefficient (Wildman–Crippen LogP) is 8.47. The van der Waals surface area contributed by atoms with E-state index in [2.05, 4.69) is 37.9 Å². The van der Waals surface area contributed by atoms with E-state index in [4.69, 9.17) is 27.9 Å². The van der Waals surface area contributed by atoms with Crippen molar-refractivity contribution in [3.05, 3.63) is 95.8 Å². The van der Waals surface area contributed by atoms with Crippen LogP contribution in [0, 0.1) is 18.3 Å². The summed E-state index contributed by atoms with van der Waals surface area (Å²) < 4.78 is 7.51. The van der Waals surface area contributed by atoms with Crippen LogP contribution in [0.15, 0.2) is 63.5 Å². The van der Waals surface area contributed by atoms with Crippen LogP contribution in [0.25, 0.3) is 11.6 Å². The first-order valence-electron chi connectivity index (χ1n) is 8.62. The summed E-state index contributed by atoms with van der Waals surface area (Å²) in [6.45, 7) is 2.36. The number of ether oxygens (including phenoxy) is 1. The second-order valence-electron chi connectivity index (χ2n) is 6.39. The van der Waals surface area contributed by atoms with Crippen molar-refractivity contribution < 1.29 is 4.74 Å². The van der Waals surface area contributed by atoms with E-state index in [-0.39, 0.29) is 0 Å². The Morgan fingerprint density at radius 1 is 1.00 bits per heavy atom. The Bertz CT molecular complexity index is 1100. The second kappa shape index (κ2) is 9.82. The Morgan fingerprint density at radius 3 is 2.24 bits per heavy atom. The van der Waals surface area contributed by atoms with Gasteiger partial charge >= 0.3 is 0 Å². The van der Waals surface area contributed by atoms with Crippen LogP contribution < -0.4 is 4.74 Å². The summed E-state index contributed by atoms with van der Waals surface area (Å²) in [6.07, 6.45) is 1.85. The Hall–Kier alpha value is -1.77. The first-order valence-corrected chi connectivity index (χ1v) is 11.0. The zero-order valence-electron chi connectivity index (χ0n) is 15.3. The van der Waals surface area contributed by atoms with Crippen LogP contribution in [0.3, 0.4) is 0 Å². The van der Waals surface area contributed by atoms with Crippen molar-refractivity contribution >= 4 is 66.7 Å². The van der Waals surface area contributed by atoms with E-state index in [1.54, 1.807) is 12.1 Å². The predicted molar refractivity (Wildman–Crippen MR) is 127 cm³/mol. The van der Waals surface area contributed by atoms with E-state index in [1.807, 2.05) is 55.5 Å². The fourth-order valence-electron chi connectivity index (χ4n) is 2.67. The van der Waals surface area contributed by atoms with Gasteiger partial charge < -0.3 is 4.74 Å². The lowest BCUT2D eigenvalue weighted by atomic mass is 10.0. The van der Waals surface area contributed by atoms with Crippen molar-refractivity contribution in [3.8, 4) is 11.8 Å². The van der Waals surface area contributed by atoms with Gasteiger partial charge in [-0.15, -0.1) is 0 Å². The summed E-state index contributed by atoms with van der Waals surface area (Å²) in [5.74, 6) is 0.669. The maximum Gasteiger partial charge on any atom is 0.148 e. The molecule has 0 atom stereocenters. The number of hydrogen-bond acceptors (Lipinski definition) is 2. The van der Waals surface area contributed by atoms with Crippen LogP contribution in [-0.4, -0.2) is 0 Å². The van der Waals surface area contributed by atoms with E-state index in [0.29, 0.717) is 28.0 Å². The molecule has 2 nitrogen and oxygen atoms in total. The zero-order valence-corrected chi connectivity index (χ0v) is 20.0. The number of rotatable bonds is 5. The third kappa shape index (κ3) is 5.65. The molecule has 0 N–H and O–H groups in total. The maximum atomic E-state index is 9.57. The number of allylic oxidation sites excluding steroid dienone is 1. The standard InChI is InChI=1S/C23H15Br2Cl2NO/c1-14-2-5-17(6-3-14)18(12-28)8-16-9-19(24)23(20(25)10-16)29-13-15-4-7-21(26)22(27)11-15/h2-11H,13H2,1H3/b18-8-. The van der Waals surface area contributed by atoms with Gasteiger partial charge in [0.25, 0.3) is 0 Å². The summed E-state index contributed by atoms with van der Waals surface area (Å²) >= 11 is 19.1. The van der Waals surface area contributed by atoms with Crippen molar-refractivity contribution in [2.24, 2.45) is 0 Å². The minimum absolute atomic E-state index is 0.343. The molecule has 146 valence electrons. The van der Waals surface area contributed by atoms with Crippen LogP contribution in [-0.2, 0) is 6.61 Å². The average molecular weight is 552 g/mol. The molecule has 0 spiro atoms. The molecule has 0 aliphatic rings. The Morgan fingerprint density at radius 2 is 1.66 bits per heavy atom. The molecule has 3 aromatic carbocycles. The maximum absolute atomic E-state index is 9.57. The van der Waals surface area contributed by atoms with Gasteiger partial charge in [0.05, 0.1) is 30.6 Å². The van der Waals surface area contributed by atoms with Crippen molar-refractivity contribution in [1.82, 2.24) is 0 Å². The lowest BCUT2D eigenvalue weighted by Crippen LogP contribution is -1.97. The van der Waals surface area contributed by atoms with Gasteiger partial charge in [0.1, 0.15) is 12.4 Å². The lowest BCUT2D eigenvalue weighted by molar-refractivity contribution is 0.302. The van der Waals surface area contributed by atoms with Crippen LogP contribution in [0.5, 0.6) is 5.75 Å². The minimum atomic E-state index is 0.343. The summed E-state index contributed by atoms with van der Waals surface area (Å²) in [4.78, 5) is 0. The highest BCUT2D eigenvalue weighted by atomic mass is 79.9. The van der Waals surface area contributed by atoms with Gasteiger partial charge in [-0.05, 0) is 85.8 Å². The number of halogens is 4.